The van der Waals surface area contributed by atoms with Crippen molar-refractivity contribution in [3.05, 3.63) is 0 Å². The minimum absolute atomic E-state index is 0.0426. The van der Waals surface area contributed by atoms with Crippen LogP contribution in [0.2, 0.25) is 0 Å². The number of carbonyl (C=O) groups is 1. The van der Waals surface area contributed by atoms with Crippen molar-refractivity contribution in [1.29, 1.82) is 0 Å². The van der Waals surface area contributed by atoms with Gasteiger partial charge >= 0.3 is 0 Å². The van der Waals surface area contributed by atoms with E-state index in [1.54, 1.807) is 0 Å². The zero-order valence-corrected chi connectivity index (χ0v) is 11.1. The normalized spacial score (nSPS) is 37.2. The van der Waals surface area contributed by atoms with Crippen LogP contribution in [0.15, 0.2) is 0 Å². The number of rotatable bonds is 3. The van der Waals surface area contributed by atoms with Gasteiger partial charge in [0.15, 0.2) is 0 Å². The molecule has 18 heavy (non-hydrogen) atoms. The van der Waals surface area contributed by atoms with Gasteiger partial charge in [-0.3, -0.25) is 4.79 Å². The molecule has 4 nitrogen and oxygen atoms in total. The molecule has 2 aliphatic rings. The first kappa shape index (κ1) is 13.8. The van der Waals surface area contributed by atoms with Crippen molar-refractivity contribution < 1.29 is 9.90 Å². The van der Waals surface area contributed by atoms with Gasteiger partial charge in [-0.1, -0.05) is 25.7 Å². The van der Waals surface area contributed by atoms with Gasteiger partial charge in [0.25, 0.3) is 0 Å². The minimum Gasteiger partial charge on any atom is -0.391 e. The molecule has 2 aliphatic carbocycles. The third-order valence-corrected chi connectivity index (χ3v) is 4.61. The lowest BCUT2D eigenvalue weighted by Crippen LogP contribution is -2.46. The van der Waals surface area contributed by atoms with E-state index in [0.717, 1.165) is 51.4 Å². The van der Waals surface area contributed by atoms with E-state index in [0.29, 0.717) is 12.5 Å². The van der Waals surface area contributed by atoms with Gasteiger partial charge in [-0.25, -0.2) is 0 Å². The number of amides is 1. The predicted octanol–water partition coefficient (Wildman–Crippen LogP) is 1.17. The molecule has 4 unspecified atom stereocenters. The Morgan fingerprint density at radius 1 is 1.11 bits per heavy atom. The van der Waals surface area contributed by atoms with Gasteiger partial charge in [0.1, 0.15) is 0 Å². The summed E-state index contributed by atoms with van der Waals surface area (Å²) in [6.45, 7) is 0.602. The van der Waals surface area contributed by atoms with Gasteiger partial charge < -0.3 is 16.2 Å². The Hall–Kier alpha value is -0.610. The van der Waals surface area contributed by atoms with E-state index in [1.165, 1.54) is 0 Å². The van der Waals surface area contributed by atoms with Gasteiger partial charge in [-0.15, -0.1) is 0 Å². The zero-order chi connectivity index (χ0) is 13.0. The summed E-state index contributed by atoms with van der Waals surface area (Å²) in [4.78, 5) is 12.3. The second-order valence-electron chi connectivity index (χ2n) is 5.85. The minimum atomic E-state index is -0.367. The summed E-state index contributed by atoms with van der Waals surface area (Å²) in [5, 5.41) is 13.1. The molecule has 0 aliphatic heterocycles. The number of carbonyl (C=O) groups excluding carboxylic acids is 1. The maximum atomic E-state index is 12.3. The SMILES string of the molecule is NCC1CCCC1C(=O)NC1CCCCCC1O. The summed E-state index contributed by atoms with van der Waals surface area (Å²) >= 11 is 0. The summed E-state index contributed by atoms with van der Waals surface area (Å²) in [5.74, 6) is 0.535. The molecule has 104 valence electrons. The molecule has 0 aromatic rings. The maximum Gasteiger partial charge on any atom is 0.223 e. The molecule has 0 spiro atoms. The van der Waals surface area contributed by atoms with Crippen molar-refractivity contribution in [1.82, 2.24) is 5.32 Å². The first-order chi connectivity index (χ1) is 8.72. The summed E-state index contributed by atoms with van der Waals surface area (Å²) in [6, 6.07) is -0.0426. The van der Waals surface area contributed by atoms with Crippen LogP contribution in [0.5, 0.6) is 0 Å². The van der Waals surface area contributed by atoms with E-state index in [9.17, 15) is 9.90 Å². The van der Waals surface area contributed by atoms with Crippen LogP contribution < -0.4 is 11.1 Å². The van der Waals surface area contributed by atoms with Gasteiger partial charge in [-0.05, 0) is 38.1 Å². The van der Waals surface area contributed by atoms with Crippen LogP contribution in [0.3, 0.4) is 0 Å². The highest BCUT2D eigenvalue weighted by Gasteiger charge is 2.34. The predicted molar refractivity (Wildman–Crippen MR) is 70.9 cm³/mol. The number of hydrogen-bond acceptors (Lipinski definition) is 3. The zero-order valence-electron chi connectivity index (χ0n) is 11.1. The number of aliphatic hydroxyl groups excluding tert-OH is 1. The molecule has 1 amide bonds. The van der Waals surface area contributed by atoms with Crippen molar-refractivity contribution >= 4 is 5.91 Å². The van der Waals surface area contributed by atoms with Crippen LogP contribution in [0.25, 0.3) is 0 Å². The average Bonchev–Trinajstić information content (AvgIpc) is 2.76. The molecule has 2 rings (SSSR count). The smallest absolute Gasteiger partial charge is 0.223 e. The molecule has 0 radical (unpaired) electrons. The Labute approximate surface area is 109 Å². The van der Waals surface area contributed by atoms with Gasteiger partial charge in [0, 0.05) is 5.92 Å². The number of nitrogens with two attached hydrogens (primary N) is 1. The summed E-state index contributed by atoms with van der Waals surface area (Å²) < 4.78 is 0. The van der Waals surface area contributed by atoms with E-state index in [1.807, 2.05) is 0 Å². The molecule has 4 N–H and O–H groups in total. The fraction of sp³-hybridized carbons (Fsp3) is 0.929. The average molecular weight is 254 g/mol. The highest BCUT2D eigenvalue weighted by atomic mass is 16.3. The number of hydrogen-bond donors (Lipinski definition) is 3. The Kier molecular flexibility index (Phi) is 5.01. The highest BCUT2D eigenvalue weighted by Crippen LogP contribution is 2.31. The lowest BCUT2D eigenvalue weighted by Gasteiger charge is -2.25. The lowest BCUT2D eigenvalue weighted by molar-refractivity contribution is -0.127. The van der Waals surface area contributed by atoms with Crippen LogP contribution >= 0.6 is 0 Å². The standard InChI is InChI=1S/C14H26N2O2/c15-9-10-5-4-6-11(10)14(18)16-12-7-2-1-3-8-13(12)17/h10-13,17H,1-9,15H2,(H,16,18). The van der Waals surface area contributed by atoms with E-state index in [-0.39, 0.29) is 24.0 Å². The lowest BCUT2D eigenvalue weighted by atomic mass is 9.94. The molecule has 0 saturated heterocycles. The van der Waals surface area contributed by atoms with Crippen LogP contribution in [0, 0.1) is 11.8 Å². The van der Waals surface area contributed by atoms with Crippen molar-refractivity contribution in [2.24, 2.45) is 17.6 Å². The first-order valence-electron chi connectivity index (χ1n) is 7.41. The van der Waals surface area contributed by atoms with Crippen molar-refractivity contribution in [2.75, 3.05) is 6.54 Å². The van der Waals surface area contributed by atoms with Gasteiger partial charge in [0.05, 0.1) is 12.1 Å². The molecule has 2 saturated carbocycles. The topological polar surface area (TPSA) is 75.4 Å². The Morgan fingerprint density at radius 3 is 2.67 bits per heavy atom. The molecule has 4 heteroatoms. The molecule has 0 aromatic carbocycles. The van der Waals surface area contributed by atoms with Crippen LogP contribution in [-0.2, 0) is 4.79 Å². The summed E-state index contributed by atoms with van der Waals surface area (Å²) in [5.41, 5.74) is 5.72. The van der Waals surface area contributed by atoms with Gasteiger partial charge in [0.2, 0.25) is 5.91 Å². The molecule has 2 fully saturated rings. The molecule has 0 aromatic heterocycles. The Morgan fingerprint density at radius 2 is 1.89 bits per heavy atom. The Balaban J connectivity index is 1.89. The number of nitrogens with one attached hydrogen (secondary N) is 1. The number of aliphatic hydroxyl groups is 1. The third kappa shape index (κ3) is 3.23. The maximum absolute atomic E-state index is 12.3. The van der Waals surface area contributed by atoms with Crippen molar-refractivity contribution in [2.45, 2.75) is 63.5 Å². The third-order valence-electron chi connectivity index (χ3n) is 4.61. The second kappa shape index (κ2) is 6.53. The molecule has 4 atom stereocenters. The fourth-order valence-corrected chi connectivity index (χ4v) is 3.41. The van der Waals surface area contributed by atoms with E-state index in [2.05, 4.69) is 5.32 Å². The van der Waals surface area contributed by atoms with Crippen LogP contribution in [0.1, 0.15) is 51.4 Å². The second-order valence-corrected chi connectivity index (χ2v) is 5.85. The molecular weight excluding hydrogens is 228 g/mol. The van der Waals surface area contributed by atoms with Gasteiger partial charge in [-0.2, -0.15) is 0 Å². The first-order valence-corrected chi connectivity index (χ1v) is 7.41. The van der Waals surface area contributed by atoms with Crippen LogP contribution in [0.4, 0.5) is 0 Å². The van der Waals surface area contributed by atoms with E-state index >= 15 is 0 Å². The van der Waals surface area contributed by atoms with E-state index < -0.39 is 0 Å². The largest absolute Gasteiger partial charge is 0.391 e. The van der Waals surface area contributed by atoms with E-state index in [4.69, 9.17) is 5.73 Å². The Bertz CT molecular complexity index is 283. The molecule has 0 bridgehead atoms. The molecule has 0 heterocycles. The summed E-state index contributed by atoms with van der Waals surface area (Å²) in [7, 11) is 0. The highest BCUT2D eigenvalue weighted by molar-refractivity contribution is 5.79. The summed E-state index contributed by atoms with van der Waals surface area (Å²) in [6.07, 6.45) is 7.83. The molecular formula is C14H26N2O2. The monoisotopic (exact) mass is 254 g/mol. The quantitative estimate of drug-likeness (QED) is 0.662. The van der Waals surface area contributed by atoms with Crippen LogP contribution in [-0.4, -0.2) is 29.7 Å². The van der Waals surface area contributed by atoms with Crippen molar-refractivity contribution in [3.8, 4) is 0 Å². The van der Waals surface area contributed by atoms with Crippen molar-refractivity contribution in [3.63, 3.8) is 0 Å². The fourth-order valence-electron chi connectivity index (χ4n) is 3.41.